The summed E-state index contributed by atoms with van der Waals surface area (Å²) in [5.41, 5.74) is 0.961. The van der Waals surface area contributed by atoms with Crippen LogP contribution in [0.2, 0.25) is 0 Å². The monoisotopic (exact) mass is 361 g/mol. The number of likely N-dealkylation sites (N-methyl/N-ethyl adjacent to an activating group) is 1. The second-order valence-electron chi connectivity index (χ2n) is 5.00. The number of nitrogens with one attached hydrogen (secondary N) is 1. The molecule has 0 amide bonds. The predicted molar refractivity (Wildman–Crippen MR) is 83.2 cm³/mol. The van der Waals surface area contributed by atoms with E-state index in [1.807, 2.05) is 20.2 Å². The van der Waals surface area contributed by atoms with Crippen LogP contribution >= 0.6 is 15.9 Å². The van der Waals surface area contributed by atoms with Gasteiger partial charge >= 0.3 is 0 Å². The van der Waals surface area contributed by atoms with Gasteiger partial charge in [-0.25, -0.2) is 8.42 Å². The van der Waals surface area contributed by atoms with Gasteiger partial charge in [0.15, 0.2) is 0 Å². The highest BCUT2D eigenvalue weighted by molar-refractivity contribution is 9.10. The quantitative estimate of drug-likeness (QED) is 0.872. The molecule has 2 rings (SSSR count). The lowest BCUT2D eigenvalue weighted by Gasteiger charge is -2.31. The molecule has 0 spiro atoms. The van der Waals surface area contributed by atoms with E-state index < -0.39 is 10.0 Å². The van der Waals surface area contributed by atoms with E-state index in [2.05, 4.69) is 26.1 Å². The Labute approximate surface area is 129 Å². The van der Waals surface area contributed by atoms with Gasteiger partial charge in [0, 0.05) is 37.2 Å². The fraction of sp³-hybridized carbons (Fsp3) is 0.538. The normalized spacial score (nSPS) is 18.4. The number of sulfonamides is 1. The highest BCUT2D eigenvalue weighted by atomic mass is 79.9. The molecular formula is C13H20BrN3O2S. The van der Waals surface area contributed by atoms with Crippen molar-refractivity contribution in [2.75, 3.05) is 40.3 Å². The maximum absolute atomic E-state index is 12.7. The van der Waals surface area contributed by atoms with Gasteiger partial charge < -0.3 is 10.2 Å². The van der Waals surface area contributed by atoms with Crippen LogP contribution in [-0.4, -0.2) is 57.9 Å². The zero-order chi connectivity index (χ0) is 14.8. The molecule has 0 bridgehead atoms. The Morgan fingerprint density at radius 1 is 1.25 bits per heavy atom. The molecule has 1 aromatic carbocycles. The fourth-order valence-electron chi connectivity index (χ4n) is 2.23. The first kappa shape index (κ1) is 15.9. The molecule has 0 aromatic heterocycles. The maximum atomic E-state index is 12.7. The SMILES string of the molecule is CNCc1ccc(Br)c(S(=O)(=O)N2CCN(C)CC2)c1. The zero-order valence-corrected chi connectivity index (χ0v) is 14.2. The van der Waals surface area contributed by atoms with Gasteiger partial charge in [-0.1, -0.05) is 6.07 Å². The van der Waals surface area contributed by atoms with Gasteiger partial charge in [-0.05, 0) is 47.7 Å². The summed E-state index contributed by atoms with van der Waals surface area (Å²) in [6.07, 6.45) is 0. The standard InChI is InChI=1S/C13H20BrN3O2S/c1-15-10-11-3-4-12(14)13(9-11)20(18,19)17-7-5-16(2)6-8-17/h3-4,9,15H,5-8,10H2,1-2H3. The first-order valence-electron chi connectivity index (χ1n) is 6.57. The number of hydrogen-bond donors (Lipinski definition) is 1. The van der Waals surface area contributed by atoms with E-state index in [-0.39, 0.29) is 0 Å². The molecule has 112 valence electrons. The van der Waals surface area contributed by atoms with Gasteiger partial charge in [-0.15, -0.1) is 0 Å². The molecular weight excluding hydrogens is 342 g/mol. The average molecular weight is 362 g/mol. The number of halogens is 1. The van der Waals surface area contributed by atoms with E-state index >= 15 is 0 Å². The minimum atomic E-state index is -3.42. The van der Waals surface area contributed by atoms with Gasteiger partial charge in [0.1, 0.15) is 0 Å². The third-order valence-electron chi connectivity index (χ3n) is 3.46. The van der Waals surface area contributed by atoms with E-state index in [1.165, 1.54) is 0 Å². The van der Waals surface area contributed by atoms with Crippen molar-refractivity contribution in [3.63, 3.8) is 0 Å². The van der Waals surface area contributed by atoms with Crippen molar-refractivity contribution in [3.8, 4) is 0 Å². The Hall–Kier alpha value is -0.470. The molecule has 20 heavy (non-hydrogen) atoms. The Bertz CT molecular complexity index is 569. The van der Waals surface area contributed by atoms with E-state index in [4.69, 9.17) is 0 Å². The predicted octanol–water partition coefficient (Wildman–Crippen LogP) is 1.10. The van der Waals surface area contributed by atoms with Gasteiger partial charge in [0.2, 0.25) is 10.0 Å². The van der Waals surface area contributed by atoms with E-state index in [1.54, 1.807) is 16.4 Å². The molecule has 1 N–H and O–H groups in total. The van der Waals surface area contributed by atoms with Crippen molar-refractivity contribution in [2.24, 2.45) is 0 Å². The lowest BCUT2D eigenvalue weighted by Crippen LogP contribution is -2.47. The van der Waals surface area contributed by atoms with Crippen molar-refractivity contribution in [3.05, 3.63) is 28.2 Å². The van der Waals surface area contributed by atoms with E-state index in [0.29, 0.717) is 29.0 Å². The topological polar surface area (TPSA) is 52.7 Å². The molecule has 0 radical (unpaired) electrons. The molecule has 0 unspecified atom stereocenters. The average Bonchev–Trinajstić information content (AvgIpc) is 2.41. The molecule has 1 aliphatic heterocycles. The second-order valence-corrected chi connectivity index (χ2v) is 7.76. The molecule has 1 aliphatic rings. The minimum absolute atomic E-state index is 0.356. The number of rotatable bonds is 4. The largest absolute Gasteiger partial charge is 0.316 e. The van der Waals surface area contributed by atoms with E-state index in [9.17, 15) is 8.42 Å². The van der Waals surface area contributed by atoms with Crippen molar-refractivity contribution in [1.82, 2.24) is 14.5 Å². The third-order valence-corrected chi connectivity index (χ3v) is 6.35. The summed E-state index contributed by atoms with van der Waals surface area (Å²) in [7, 11) is 0.426. The summed E-state index contributed by atoms with van der Waals surface area (Å²) in [5, 5.41) is 3.04. The van der Waals surface area contributed by atoms with Crippen LogP contribution in [0.25, 0.3) is 0 Å². The summed E-state index contributed by atoms with van der Waals surface area (Å²) in [6.45, 7) is 3.28. The summed E-state index contributed by atoms with van der Waals surface area (Å²) in [4.78, 5) is 2.49. The van der Waals surface area contributed by atoms with Crippen LogP contribution < -0.4 is 5.32 Å². The van der Waals surface area contributed by atoms with Crippen LogP contribution in [0, 0.1) is 0 Å². The van der Waals surface area contributed by atoms with Crippen molar-refractivity contribution >= 4 is 26.0 Å². The second kappa shape index (κ2) is 6.53. The molecule has 7 heteroatoms. The number of piperazine rings is 1. The Morgan fingerprint density at radius 3 is 2.50 bits per heavy atom. The highest BCUT2D eigenvalue weighted by Gasteiger charge is 2.29. The molecule has 1 saturated heterocycles. The van der Waals surface area contributed by atoms with Crippen LogP contribution in [0.4, 0.5) is 0 Å². The first-order valence-corrected chi connectivity index (χ1v) is 8.80. The Morgan fingerprint density at radius 2 is 1.90 bits per heavy atom. The Kier molecular flexibility index (Phi) is 5.19. The number of benzene rings is 1. The molecule has 0 saturated carbocycles. The van der Waals surface area contributed by atoms with Crippen LogP contribution in [0.5, 0.6) is 0 Å². The molecule has 0 aliphatic carbocycles. The summed E-state index contributed by atoms with van der Waals surface area (Å²) in [5.74, 6) is 0. The minimum Gasteiger partial charge on any atom is -0.316 e. The fourth-order valence-corrected chi connectivity index (χ4v) is 4.62. The van der Waals surface area contributed by atoms with Crippen molar-refractivity contribution in [2.45, 2.75) is 11.4 Å². The van der Waals surface area contributed by atoms with Gasteiger partial charge in [-0.3, -0.25) is 0 Å². The van der Waals surface area contributed by atoms with Crippen LogP contribution in [0.15, 0.2) is 27.6 Å². The third kappa shape index (κ3) is 3.40. The molecule has 1 heterocycles. The summed E-state index contributed by atoms with van der Waals surface area (Å²) >= 11 is 3.36. The van der Waals surface area contributed by atoms with Gasteiger partial charge in [0.25, 0.3) is 0 Å². The molecule has 0 atom stereocenters. The van der Waals surface area contributed by atoms with Crippen LogP contribution in [0.3, 0.4) is 0 Å². The van der Waals surface area contributed by atoms with E-state index in [0.717, 1.165) is 18.7 Å². The number of hydrogen-bond acceptors (Lipinski definition) is 4. The van der Waals surface area contributed by atoms with Crippen molar-refractivity contribution in [1.29, 1.82) is 0 Å². The maximum Gasteiger partial charge on any atom is 0.244 e. The van der Waals surface area contributed by atoms with Crippen LogP contribution in [0.1, 0.15) is 5.56 Å². The lowest BCUT2D eigenvalue weighted by atomic mass is 10.2. The van der Waals surface area contributed by atoms with Gasteiger partial charge in [0.05, 0.1) is 4.90 Å². The molecule has 1 aromatic rings. The summed E-state index contributed by atoms with van der Waals surface area (Å²) in [6, 6.07) is 5.47. The zero-order valence-electron chi connectivity index (χ0n) is 11.8. The lowest BCUT2D eigenvalue weighted by molar-refractivity contribution is 0.222. The van der Waals surface area contributed by atoms with Gasteiger partial charge in [-0.2, -0.15) is 4.31 Å². The smallest absolute Gasteiger partial charge is 0.244 e. The Balaban J connectivity index is 2.31. The molecule has 5 nitrogen and oxygen atoms in total. The summed E-state index contributed by atoms with van der Waals surface area (Å²) < 4.78 is 27.6. The van der Waals surface area contributed by atoms with Crippen LogP contribution in [-0.2, 0) is 16.6 Å². The van der Waals surface area contributed by atoms with Crippen molar-refractivity contribution < 1.29 is 8.42 Å². The number of nitrogens with zero attached hydrogens (tertiary/aromatic N) is 2. The highest BCUT2D eigenvalue weighted by Crippen LogP contribution is 2.27. The first-order chi connectivity index (χ1) is 9.45. The molecule has 1 fully saturated rings.